The Bertz CT molecular complexity index is 1200. The first-order valence-corrected chi connectivity index (χ1v) is 14.7. The molecule has 0 amide bonds. The lowest BCUT2D eigenvalue weighted by molar-refractivity contribution is 0.556. The third kappa shape index (κ3) is 5.42. The molecule has 32 heavy (non-hydrogen) atoms. The van der Waals surface area contributed by atoms with Crippen molar-refractivity contribution in [2.45, 2.75) is 84.5 Å². The van der Waals surface area contributed by atoms with E-state index in [1.165, 1.54) is 122 Å². The molecule has 0 nitrogen and oxygen atoms in total. The molecule has 4 aromatic rings. The fraction of sp³-hybridized carbons (Fsp3) is 0.448. The van der Waals surface area contributed by atoms with Crippen LogP contribution in [0.25, 0.3) is 32.3 Å². The van der Waals surface area contributed by atoms with Gasteiger partial charge in [-0.25, -0.2) is 0 Å². The predicted molar refractivity (Wildman–Crippen MR) is 153 cm³/mol. The number of hydrogen-bond acceptors (Lipinski definition) is 1. The summed E-state index contributed by atoms with van der Waals surface area (Å²) >= 11 is 9.44. The summed E-state index contributed by atoms with van der Waals surface area (Å²) in [5.74, 6) is 0. The van der Waals surface area contributed by atoms with Crippen LogP contribution in [-0.4, -0.2) is 0 Å². The van der Waals surface area contributed by atoms with E-state index in [1.807, 2.05) is 0 Å². The lowest BCUT2D eigenvalue weighted by Crippen LogP contribution is -1.89. The van der Waals surface area contributed by atoms with Crippen molar-refractivity contribution in [2.75, 3.05) is 0 Å². The summed E-state index contributed by atoms with van der Waals surface area (Å²) in [6, 6.07) is 14.1. The second kappa shape index (κ2) is 11.5. The quantitative estimate of drug-likeness (QED) is 0.123. The van der Waals surface area contributed by atoms with Gasteiger partial charge in [-0.2, -0.15) is 0 Å². The highest BCUT2D eigenvalue weighted by Crippen LogP contribution is 2.47. The van der Waals surface area contributed by atoms with Gasteiger partial charge in [0.2, 0.25) is 0 Å². The summed E-state index contributed by atoms with van der Waals surface area (Å²) in [5.41, 5.74) is 2.80. The van der Waals surface area contributed by atoms with E-state index in [-0.39, 0.29) is 0 Å². The molecule has 0 spiro atoms. The van der Waals surface area contributed by atoms with Gasteiger partial charge in [-0.1, -0.05) is 107 Å². The Balaban J connectivity index is 1.47. The fourth-order valence-electron chi connectivity index (χ4n) is 4.96. The minimum absolute atomic E-state index is 1.19. The first-order valence-electron chi connectivity index (χ1n) is 12.3. The smallest absolute Gasteiger partial charge is 0.0795 e. The van der Waals surface area contributed by atoms with E-state index in [1.54, 1.807) is 11.3 Å². The number of rotatable bonds is 11. The van der Waals surface area contributed by atoms with Gasteiger partial charge in [-0.05, 0) is 78.7 Å². The molecule has 0 fully saturated rings. The largest absolute Gasteiger partial charge is 0.120 e. The van der Waals surface area contributed by atoms with Crippen LogP contribution in [-0.2, 0) is 6.42 Å². The molecule has 0 aliphatic rings. The van der Waals surface area contributed by atoms with Crippen molar-refractivity contribution in [3.8, 4) is 0 Å². The SMILES string of the molecule is CCCCCCCCCCCCc1ccc2c(c1)c1cc(C)ccc1c1c(Br)sc(Br)c21. The second-order valence-corrected chi connectivity index (χ2v) is 12.9. The van der Waals surface area contributed by atoms with E-state index in [9.17, 15) is 0 Å². The van der Waals surface area contributed by atoms with E-state index in [4.69, 9.17) is 0 Å². The van der Waals surface area contributed by atoms with E-state index in [0.717, 1.165) is 0 Å². The fourth-order valence-corrected chi connectivity index (χ4v) is 8.19. The van der Waals surface area contributed by atoms with Crippen molar-refractivity contribution < 1.29 is 0 Å². The molecule has 3 heteroatoms. The van der Waals surface area contributed by atoms with E-state index < -0.39 is 0 Å². The average molecular weight is 574 g/mol. The van der Waals surface area contributed by atoms with Crippen LogP contribution in [0, 0.1) is 6.92 Å². The van der Waals surface area contributed by atoms with Crippen LogP contribution in [0.3, 0.4) is 0 Å². The van der Waals surface area contributed by atoms with Crippen LogP contribution in [0.1, 0.15) is 82.3 Å². The Labute approximate surface area is 214 Å². The maximum absolute atomic E-state index is 3.84. The van der Waals surface area contributed by atoms with Gasteiger partial charge in [0.25, 0.3) is 0 Å². The number of hydrogen-bond donors (Lipinski definition) is 0. The predicted octanol–water partition coefficient (Wildman–Crippen LogP) is 11.5. The van der Waals surface area contributed by atoms with Crippen LogP contribution < -0.4 is 0 Å². The molecule has 0 aliphatic heterocycles. The lowest BCUT2D eigenvalue weighted by Gasteiger charge is -2.11. The zero-order valence-electron chi connectivity index (χ0n) is 19.4. The monoisotopic (exact) mass is 572 g/mol. The highest BCUT2D eigenvalue weighted by molar-refractivity contribution is 9.12. The number of halogens is 2. The molecule has 0 saturated carbocycles. The first kappa shape index (κ1) is 24.2. The number of aryl methyl sites for hydroxylation is 2. The van der Waals surface area contributed by atoms with Crippen molar-refractivity contribution in [1.29, 1.82) is 0 Å². The van der Waals surface area contributed by atoms with E-state index >= 15 is 0 Å². The van der Waals surface area contributed by atoms with Crippen LogP contribution in [0.15, 0.2) is 44.0 Å². The van der Waals surface area contributed by atoms with Gasteiger partial charge in [0.15, 0.2) is 0 Å². The zero-order valence-corrected chi connectivity index (χ0v) is 23.4. The maximum atomic E-state index is 3.84. The summed E-state index contributed by atoms with van der Waals surface area (Å²) in [4.78, 5) is 0. The third-order valence-corrected chi connectivity index (χ3v) is 9.26. The lowest BCUT2D eigenvalue weighted by atomic mass is 9.93. The molecule has 0 aliphatic carbocycles. The molecule has 4 rings (SSSR count). The Kier molecular flexibility index (Phi) is 8.70. The number of unbranched alkanes of at least 4 members (excludes halogenated alkanes) is 9. The molecule has 170 valence electrons. The van der Waals surface area contributed by atoms with Gasteiger partial charge in [0, 0.05) is 10.8 Å². The average Bonchev–Trinajstić information content (AvgIpc) is 3.09. The van der Waals surface area contributed by atoms with Gasteiger partial charge in [-0.3, -0.25) is 0 Å². The Hall–Kier alpha value is -0.900. The molecule has 1 heterocycles. The van der Waals surface area contributed by atoms with E-state index in [2.05, 4.69) is 82.1 Å². The molecule has 0 N–H and O–H groups in total. The van der Waals surface area contributed by atoms with Crippen LogP contribution >= 0.6 is 43.2 Å². The summed E-state index contributed by atoms with van der Waals surface area (Å²) < 4.78 is 2.43. The van der Waals surface area contributed by atoms with E-state index in [0.29, 0.717) is 0 Å². The molecule has 0 atom stereocenters. The van der Waals surface area contributed by atoms with Crippen molar-refractivity contribution in [3.05, 3.63) is 55.1 Å². The highest BCUT2D eigenvalue weighted by Gasteiger charge is 2.16. The zero-order chi connectivity index (χ0) is 22.5. The number of fused-ring (bicyclic) bond motifs is 6. The molecule has 0 saturated heterocycles. The third-order valence-electron chi connectivity index (χ3n) is 6.73. The second-order valence-electron chi connectivity index (χ2n) is 9.26. The molecule has 1 aromatic heterocycles. The number of thiophene rings is 1. The highest BCUT2D eigenvalue weighted by atomic mass is 79.9. The minimum Gasteiger partial charge on any atom is -0.120 e. The molecule has 0 radical (unpaired) electrons. The first-order chi connectivity index (χ1) is 15.6. The Morgan fingerprint density at radius 3 is 1.78 bits per heavy atom. The van der Waals surface area contributed by atoms with Gasteiger partial charge < -0.3 is 0 Å². The van der Waals surface area contributed by atoms with Gasteiger partial charge >= 0.3 is 0 Å². The van der Waals surface area contributed by atoms with Gasteiger partial charge in [0.05, 0.1) is 7.57 Å². The minimum atomic E-state index is 1.19. The molecule has 3 aromatic carbocycles. The summed E-state index contributed by atoms with van der Waals surface area (Å²) in [5, 5.41) is 8.17. The van der Waals surface area contributed by atoms with Crippen molar-refractivity contribution >= 4 is 75.5 Å². The summed E-state index contributed by atoms with van der Waals surface area (Å²) in [6.07, 6.45) is 15.1. The Morgan fingerprint density at radius 1 is 0.625 bits per heavy atom. The molecular weight excluding hydrogens is 540 g/mol. The van der Waals surface area contributed by atoms with Gasteiger partial charge in [-0.15, -0.1) is 11.3 Å². The molecule has 0 bridgehead atoms. The molecular formula is C29H34Br2S. The van der Waals surface area contributed by atoms with Gasteiger partial charge in [0.1, 0.15) is 0 Å². The van der Waals surface area contributed by atoms with Crippen molar-refractivity contribution in [3.63, 3.8) is 0 Å². The topological polar surface area (TPSA) is 0 Å². The molecule has 0 unspecified atom stereocenters. The Morgan fingerprint density at radius 2 is 1.16 bits per heavy atom. The van der Waals surface area contributed by atoms with Crippen LogP contribution in [0.4, 0.5) is 0 Å². The summed E-state index contributed by atoms with van der Waals surface area (Å²) in [6.45, 7) is 4.49. The maximum Gasteiger partial charge on any atom is 0.0795 e. The standard InChI is InChI=1S/C29H34Br2S/c1-3-4-5-6-7-8-9-10-11-12-13-21-15-17-23-25(19-21)24-18-20(2)14-16-22(24)26-27(23)29(31)32-28(26)30/h14-19H,3-13H2,1-2H3. The number of benzene rings is 3. The van der Waals surface area contributed by atoms with Crippen LogP contribution in [0.5, 0.6) is 0 Å². The van der Waals surface area contributed by atoms with Crippen molar-refractivity contribution in [1.82, 2.24) is 0 Å². The normalized spacial score (nSPS) is 11.9. The summed E-state index contributed by atoms with van der Waals surface area (Å²) in [7, 11) is 0. The van der Waals surface area contributed by atoms with Crippen molar-refractivity contribution in [2.24, 2.45) is 0 Å². The van der Waals surface area contributed by atoms with Crippen LogP contribution in [0.2, 0.25) is 0 Å².